The van der Waals surface area contributed by atoms with E-state index in [-0.39, 0.29) is 6.42 Å². The van der Waals surface area contributed by atoms with Crippen LogP contribution in [-0.4, -0.2) is 23.5 Å². The fraction of sp³-hybridized carbons (Fsp3) is 0.333. The van der Waals surface area contributed by atoms with E-state index in [4.69, 9.17) is 5.11 Å². The highest BCUT2D eigenvalue weighted by Crippen LogP contribution is 2.17. The molecule has 5 heteroatoms. The van der Waals surface area contributed by atoms with E-state index in [1.807, 2.05) is 0 Å². The highest BCUT2D eigenvalue weighted by atomic mass is 19.3. The third kappa shape index (κ3) is 1.42. The van der Waals surface area contributed by atoms with Crippen LogP contribution in [0.2, 0.25) is 0 Å². The Hall–Kier alpha value is -1.26. The number of allylic oxidation sites excluding steroid dienone is 2. The molecular weight excluding hydrogens is 156 g/mol. The lowest BCUT2D eigenvalue weighted by Gasteiger charge is -2.06. The summed E-state index contributed by atoms with van der Waals surface area (Å²) in [6, 6.07) is 0. The average Bonchev–Trinajstić information content (AvgIpc) is 1.94. The number of alkyl halides is 2. The zero-order valence-electron chi connectivity index (χ0n) is 5.42. The van der Waals surface area contributed by atoms with Crippen LogP contribution in [-0.2, 0) is 4.79 Å². The zero-order valence-corrected chi connectivity index (χ0v) is 5.42. The van der Waals surface area contributed by atoms with Gasteiger partial charge in [-0.15, -0.1) is 0 Å². The van der Waals surface area contributed by atoms with Crippen molar-refractivity contribution in [3.05, 3.63) is 11.5 Å². The lowest BCUT2D eigenvalue weighted by molar-refractivity contribution is -0.117. The maximum atomic E-state index is 11.9. The maximum absolute atomic E-state index is 11.9. The van der Waals surface area contributed by atoms with Gasteiger partial charge in [0.2, 0.25) is 5.78 Å². The van der Waals surface area contributed by atoms with E-state index < -0.39 is 23.7 Å². The number of hydrogen-bond donors (Lipinski definition) is 1. The number of carbonyl (C=O) groups is 1. The number of aliphatic imine (C=N–C) groups is 1. The largest absolute Gasteiger partial charge is 0.503 e. The van der Waals surface area contributed by atoms with Crippen molar-refractivity contribution < 1.29 is 18.7 Å². The minimum atomic E-state index is -2.89. The van der Waals surface area contributed by atoms with E-state index in [1.165, 1.54) is 0 Å². The van der Waals surface area contributed by atoms with Crippen LogP contribution in [0.5, 0.6) is 0 Å². The Labute approximate surface area is 61.1 Å². The SMILES string of the molecule is O=C1CC=NC(C(F)F)=C1O. The Balaban J connectivity index is 2.98. The minimum absolute atomic E-state index is 0.109. The molecule has 1 aliphatic rings. The number of hydrogen-bond acceptors (Lipinski definition) is 3. The molecule has 0 bridgehead atoms. The van der Waals surface area contributed by atoms with Crippen LogP contribution in [0, 0.1) is 0 Å². The van der Waals surface area contributed by atoms with Gasteiger partial charge in [-0.1, -0.05) is 0 Å². The number of carbonyl (C=O) groups excluding carboxylic acids is 1. The van der Waals surface area contributed by atoms with Crippen LogP contribution in [0.15, 0.2) is 16.4 Å². The molecule has 0 atom stereocenters. The fourth-order valence-electron chi connectivity index (χ4n) is 0.687. The van der Waals surface area contributed by atoms with Gasteiger partial charge in [-0.25, -0.2) is 8.78 Å². The summed E-state index contributed by atoms with van der Waals surface area (Å²) in [5, 5.41) is 8.74. The number of ketones is 1. The van der Waals surface area contributed by atoms with E-state index in [0.717, 1.165) is 6.21 Å². The van der Waals surface area contributed by atoms with Crippen LogP contribution in [0.4, 0.5) is 8.78 Å². The predicted octanol–water partition coefficient (Wildman–Crippen LogP) is 1.06. The highest BCUT2D eigenvalue weighted by Gasteiger charge is 2.23. The van der Waals surface area contributed by atoms with Crippen molar-refractivity contribution in [2.75, 3.05) is 0 Å². The van der Waals surface area contributed by atoms with Crippen molar-refractivity contribution in [3.8, 4) is 0 Å². The van der Waals surface area contributed by atoms with Gasteiger partial charge in [0.1, 0.15) is 0 Å². The van der Waals surface area contributed by atoms with Crippen molar-refractivity contribution in [3.63, 3.8) is 0 Å². The third-order valence-electron chi connectivity index (χ3n) is 1.22. The molecule has 1 rings (SSSR count). The van der Waals surface area contributed by atoms with Crippen molar-refractivity contribution in [2.24, 2.45) is 4.99 Å². The van der Waals surface area contributed by atoms with Crippen molar-refractivity contribution in [1.29, 1.82) is 0 Å². The number of aliphatic hydroxyl groups is 1. The van der Waals surface area contributed by atoms with E-state index in [9.17, 15) is 13.6 Å². The Morgan fingerprint density at radius 1 is 1.64 bits per heavy atom. The van der Waals surface area contributed by atoms with Gasteiger partial charge >= 0.3 is 0 Å². The molecule has 0 aromatic heterocycles. The second-order valence-corrected chi connectivity index (χ2v) is 1.97. The zero-order chi connectivity index (χ0) is 8.43. The lowest BCUT2D eigenvalue weighted by atomic mass is 10.2. The first kappa shape index (κ1) is 7.84. The molecule has 3 nitrogen and oxygen atoms in total. The quantitative estimate of drug-likeness (QED) is 0.625. The lowest BCUT2D eigenvalue weighted by Crippen LogP contribution is -2.13. The van der Waals surface area contributed by atoms with Gasteiger partial charge in [0, 0.05) is 12.6 Å². The first-order valence-corrected chi connectivity index (χ1v) is 2.90. The molecule has 0 fully saturated rings. The summed E-state index contributed by atoms with van der Waals surface area (Å²) in [7, 11) is 0. The molecule has 0 aromatic rings. The minimum Gasteiger partial charge on any atom is -0.503 e. The van der Waals surface area contributed by atoms with Crippen molar-refractivity contribution >= 4 is 12.0 Å². The normalized spacial score (nSPS) is 18.3. The van der Waals surface area contributed by atoms with Crippen LogP contribution in [0.1, 0.15) is 6.42 Å². The predicted molar refractivity (Wildman–Crippen MR) is 33.8 cm³/mol. The molecule has 0 unspecified atom stereocenters. The molecule has 60 valence electrons. The first-order chi connectivity index (χ1) is 5.13. The Kier molecular flexibility index (Phi) is 1.98. The van der Waals surface area contributed by atoms with Crippen LogP contribution >= 0.6 is 0 Å². The van der Waals surface area contributed by atoms with Gasteiger partial charge in [-0.3, -0.25) is 9.79 Å². The van der Waals surface area contributed by atoms with Gasteiger partial charge in [0.05, 0.1) is 0 Å². The first-order valence-electron chi connectivity index (χ1n) is 2.90. The van der Waals surface area contributed by atoms with Gasteiger partial charge in [0.15, 0.2) is 11.5 Å². The van der Waals surface area contributed by atoms with E-state index in [2.05, 4.69) is 4.99 Å². The number of nitrogens with zero attached hydrogens (tertiary/aromatic N) is 1. The molecular formula is C6H5F2NO2. The maximum Gasteiger partial charge on any atom is 0.284 e. The number of aliphatic hydroxyl groups excluding tert-OH is 1. The molecule has 0 aromatic carbocycles. The fourth-order valence-corrected chi connectivity index (χ4v) is 0.687. The molecule has 0 saturated heterocycles. The summed E-state index contributed by atoms with van der Waals surface area (Å²) < 4.78 is 23.7. The van der Waals surface area contributed by atoms with Gasteiger partial charge < -0.3 is 5.11 Å². The Morgan fingerprint density at radius 2 is 2.27 bits per heavy atom. The van der Waals surface area contributed by atoms with Crippen LogP contribution < -0.4 is 0 Å². The monoisotopic (exact) mass is 161 g/mol. The molecule has 0 aliphatic carbocycles. The molecule has 0 saturated carbocycles. The van der Waals surface area contributed by atoms with Crippen molar-refractivity contribution in [2.45, 2.75) is 12.8 Å². The molecule has 1 aliphatic heterocycles. The third-order valence-corrected chi connectivity index (χ3v) is 1.22. The number of rotatable bonds is 1. The molecule has 0 radical (unpaired) electrons. The summed E-state index contributed by atoms with van der Waals surface area (Å²) >= 11 is 0. The summed E-state index contributed by atoms with van der Waals surface area (Å²) in [6.07, 6.45) is -1.94. The standard InChI is InChI=1S/C6H5F2NO2/c7-6(8)4-5(11)3(10)1-2-9-4/h2,6,11H,1H2. The summed E-state index contributed by atoms with van der Waals surface area (Å²) in [6.45, 7) is 0. The van der Waals surface area contributed by atoms with E-state index >= 15 is 0 Å². The molecule has 0 amide bonds. The Morgan fingerprint density at radius 3 is 2.73 bits per heavy atom. The second kappa shape index (κ2) is 2.77. The average molecular weight is 161 g/mol. The van der Waals surface area contributed by atoms with Gasteiger partial charge in [-0.05, 0) is 0 Å². The number of Topliss-reactive ketones (excluding diaryl/α,β-unsaturated/α-hetero) is 1. The Bertz CT molecular complexity index is 245. The smallest absolute Gasteiger partial charge is 0.284 e. The van der Waals surface area contributed by atoms with Crippen LogP contribution in [0.3, 0.4) is 0 Å². The molecule has 1 N–H and O–H groups in total. The van der Waals surface area contributed by atoms with Crippen molar-refractivity contribution in [1.82, 2.24) is 0 Å². The molecule has 11 heavy (non-hydrogen) atoms. The van der Waals surface area contributed by atoms with Gasteiger partial charge in [-0.2, -0.15) is 0 Å². The van der Waals surface area contributed by atoms with E-state index in [1.54, 1.807) is 0 Å². The molecule has 0 spiro atoms. The number of halogens is 2. The van der Waals surface area contributed by atoms with Gasteiger partial charge in [0.25, 0.3) is 6.43 Å². The highest BCUT2D eigenvalue weighted by molar-refractivity contribution is 6.04. The topological polar surface area (TPSA) is 49.7 Å². The molecule has 1 heterocycles. The van der Waals surface area contributed by atoms with Crippen LogP contribution in [0.25, 0.3) is 0 Å². The summed E-state index contributed by atoms with van der Waals surface area (Å²) in [5.41, 5.74) is -0.832. The summed E-state index contributed by atoms with van der Waals surface area (Å²) in [4.78, 5) is 13.8. The van der Waals surface area contributed by atoms with E-state index in [0.29, 0.717) is 0 Å². The summed E-state index contributed by atoms with van der Waals surface area (Å²) in [5.74, 6) is -1.63. The second-order valence-electron chi connectivity index (χ2n) is 1.97.